The van der Waals surface area contributed by atoms with Crippen molar-refractivity contribution >= 4 is 41.1 Å². The molecule has 1 heterocycles. The van der Waals surface area contributed by atoms with Gasteiger partial charge in [-0.15, -0.1) is 0 Å². The summed E-state index contributed by atoms with van der Waals surface area (Å²) in [5.41, 5.74) is 0.653. The van der Waals surface area contributed by atoms with E-state index in [0.29, 0.717) is 11.8 Å². The maximum Gasteiger partial charge on any atom is 0.221 e. The normalized spacial score (nSPS) is 10.4. The van der Waals surface area contributed by atoms with Crippen LogP contribution in [0.2, 0.25) is 15.1 Å². The number of carbonyl (C=O) groups excluding carboxylic acids is 1. The number of hydrogen-bond acceptors (Lipinski definition) is 2. The average molecular weight is 305 g/mol. The fraction of sp³-hybridized carbons (Fsp3) is 0. The minimum atomic E-state index is -0.769. The van der Waals surface area contributed by atoms with Crippen LogP contribution in [0.25, 0.3) is 11.1 Å². The van der Waals surface area contributed by atoms with E-state index in [9.17, 15) is 9.18 Å². The summed E-state index contributed by atoms with van der Waals surface area (Å²) in [6.07, 6.45) is 0.467. The first kappa shape index (κ1) is 13.3. The van der Waals surface area contributed by atoms with E-state index in [-0.39, 0.29) is 26.3 Å². The predicted octanol–water partition coefficient (Wildman–Crippen LogP) is 4.66. The lowest BCUT2D eigenvalue weighted by Crippen LogP contribution is -1.94. The molecule has 0 unspecified atom stereocenters. The Hall–Kier alpha value is -1.16. The highest BCUT2D eigenvalue weighted by Crippen LogP contribution is 2.35. The van der Waals surface area contributed by atoms with Crippen molar-refractivity contribution in [2.75, 3.05) is 0 Å². The maximum absolute atomic E-state index is 13.7. The van der Waals surface area contributed by atoms with Crippen LogP contribution in [-0.2, 0) is 0 Å². The predicted molar refractivity (Wildman–Crippen MR) is 70.0 cm³/mol. The number of benzene rings is 1. The third kappa shape index (κ3) is 2.48. The first-order chi connectivity index (χ1) is 8.52. The van der Waals surface area contributed by atoms with Gasteiger partial charge in [-0.25, -0.2) is 4.98 Å². The van der Waals surface area contributed by atoms with Crippen molar-refractivity contribution in [2.24, 2.45) is 0 Å². The molecule has 0 fully saturated rings. The van der Waals surface area contributed by atoms with E-state index in [1.165, 1.54) is 24.3 Å². The van der Waals surface area contributed by atoms with Gasteiger partial charge in [0.2, 0.25) is 5.95 Å². The number of halogens is 4. The maximum atomic E-state index is 13.7. The molecule has 2 nitrogen and oxygen atoms in total. The molecule has 0 amide bonds. The SMILES string of the molecule is O=Cc1ccc(-c2cc(Cl)c(Cl)c(Cl)c2)c(F)n1. The fourth-order valence-corrected chi connectivity index (χ4v) is 2.04. The Labute approximate surface area is 117 Å². The minimum Gasteiger partial charge on any atom is -0.296 e. The second-order valence-electron chi connectivity index (χ2n) is 3.45. The molecule has 2 rings (SSSR count). The molecule has 0 spiro atoms. The molecule has 0 aliphatic heterocycles. The van der Waals surface area contributed by atoms with Gasteiger partial charge in [-0.2, -0.15) is 4.39 Å². The Balaban J connectivity index is 2.59. The highest BCUT2D eigenvalue weighted by atomic mass is 35.5. The molecule has 0 radical (unpaired) electrons. The summed E-state index contributed by atoms with van der Waals surface area (Å²) in [5.74, 6) is -0.769. The van der Waals surface area contributed by atoms with Crippen LogP contribution >= 0.6 is 34.8 Å². The molecule has 0 aliphatic carbocycles. The van der Waals surface area contributed by atoms with Crippen LogP contribution in [0, 0.1) is 5.95 Å². The topological polar surface area (TPSA) is 30.0 Å². The van der Waals surface area contributed by atoms with E-state index in [2.05, 4.69) is 4.98 Å². The lowest BCUT2D eigenvalue weighted by molar-refractivity contribution is 0.111. The van der Waals surface area contributed by atoms with E-state index in [4.69, 9.17) is 34.8 Å². The van der Waals surface area contributed by atoms with Gasteiger partial charge in [-0.3, -0.25) is 4.79 Å². The Morgan fingerprint density at radius 3 is 2.22 bits per heavy atom. The standard InChI is InChI=1S/C12H5Cl3FNO/c13-9-3-6(4-10(14)11(9)15)8-2-1-7(5-18)17-12(8)16/h1-5H. The van der Waals surface area contributed by atoms with Crippen LogP contribution < -0.4 is 0 Å². The second-order valence-corrected chi connectivity index (χ2v) is 4.64. The van der Waals surface area contributed by atoms with Crippen molar-refractivity contribution in [1.82, 2.24) is 4.98 Å². The van der Waals surface area contributed by atoms with Gasteiger partial charge in [0.1, 0.15) is 5.69 Å². The van der Waals surface area contributed by atoms with Crippen molar-refractivity contribution in [3.05, 3.63) is 51.0 Å². The van der Waals surface area contributed by atoms with Crippen LogP contribution in [-0.4, -0.2) is 11.3 Å². The van der Waals surface area contributed by atoms with Gasteiger partial charge in [-0.05, 0) is 29.8 Å². The van der Waals surface area contributed by atoms with Crippen molar-refractivity contribution in [3.8, 4) is 11.1 Å². The molecular formula is C12H5Cl3FNO. The number of nitrogens with zero attached hydrogens (tertiary/aromatic N) is 1. The molecule has 0 aliphatic rings. The Morgan fingerprint density at radius 2 is 1.72 bits per heavy atom. The Bertz CT molecular complexity index is 608. The zero-order valence-electron chi connectivity index (χ0n) is 8.75. The highest BCUT2D eigenvalue weighted by molar-refractivity contribution is 6.48. The number of aldehydes is 1. The number of carbonyl (C=O) groups is 1. The quantitative estimate of drug-likeness (QED) is 0.459. The van der Waals surface area contributed by atoms with Crippen molar-refractivity contribution in [1.29, 1.82) is 0 Å². The van der Waals surface area contributed by atoms with Gasteiger partial charge in [0.25, 0.3) is 0 Å². The molecule has 0 N–H and O–H groups in total. The molecule has 1 aromatic heterocycles. The van der Waals surface area contributed by atoms with Gasteiger partial charge in [0, 0.05) is 5.56 Å². The smallest absolute Gasteiger partial charge is 0.221 e. The van der Waals surface area contributed by atoms with Gasteiger partial charge in [0.15, 0.2) is 6.29 Å². The molecule has 0 atom stereocenters. The summed E-state index contributed by atoms with van der Waals surface area (Å²) in [6, 6.07) is 5.80. The summed E-state index contributed by atoms with van der Waals surface area (Å²) in [6.45, 7) is 0. The molecule has 0 bridgehead atoms. The molecule has 1 aromatic carbocycles. The third-order valence-electron chi connectivity index (χ3n) is 2.29. The molecule has 92 valence electrons. The third-order valence-corrected chi connectivity index (χ3v) is 3.48. The lowest BCUT2D eigenvalue weighted by atomic mass is 10.1. The van der Waals surface area contributed by atoms with E-state index >= 15 is 0 Å². The molecular weight excluding hydrogens is 299 g/mol. The minimum absolute atomic E-state index is 0.0161. The summed E-state index contributed by atoms with van der Waals surface area (Å²) < 4.78 is 13.7. The van der Waals surface area contributed by atoms with Crippen molar-refractivity contribution in [2.45, 2.75) is 0 Å². The molecule has 18 heavy (non-hydrogen) atoms. The summed E-state index contributed by atoms with van der Waals surface area (Å²) >= 11 is 17.5. The Morgan fingerprint density at radius 1 is 1.11 bits per heavy atom. The fourth-order valence-electron chi connectivity index (χ4n) is 1.44. The van der Waals surface area contributed by atoms with Crippen LogP contribution in [0.15, 0.2) is 24.3 Å². The largest absolute Gasteiger partial charge is 0.296 e. The van der Waals surface area contributed by atoms with E-state index in [1.807, 2.05) is 0 Å². The monoisotopic (exact) mass is 303 g/mol. The zero-order valence-corrected chi connectivity index (χ0v) is 11.0. The molecule has 2 aromatic rings. The number of rotatable bonds is 2. The second kappa shape index (κ2) is 5.22. The summed E-state index contributed by atoms with van der Waals surface area (Å²) in [4.78, 5) is 14.0. The van der Waals surface area contributed by atoms with E-state index in [1.54, 1.807) is 0 Å². The van der Waals surface area contributed by atoms with Crippen LogP contribution in [0.5, 0.6) is 0 Å². The highest BCUT2D eigenvalue weighted by Gasteiger charge is 2.12. The van der Waals surface area contributed by atoms with Gasteiger partial charge < -0.3 is 0 Å². The zero-order chi connectivity index (χ0) is 13.3. The van der Waals surface area contributed by atoms with Gasteiger partial charge in [0.05, 0.1) is 15.1 Å². The van der Waals surface area contributed by atoms with Crippen LogP contribution in [0.3, 0.4) is 0 Å². The summed E-state index contributed by atoms with van der Waals surface area (Å²) in [7, 11) is 0. The average Bonchev–Trinajstić information content (AvgIpc) is 2.35. The van der Waals surface area contributed by atoms with Crippen molar-refractivity contribution in [3.63, 3.8) is 0 Å². The lowest BCUT2D eigenvalue weighted by Gasteiger charge is -2.06. The van der Waals surface area contributed by atoms with Gasteiger partial charge in [-0.1, -0.05) is 34.8 Å². The first-order valence-electron chi connectivity index (χ1n) is 4.79. The first-order valence-corrected chi connectivity index (χ1v) is 5.93. The molecule has 6 heteroatoms. The van der Waals surface area contributed by atoms with E-state index < -0.39 is 5.95 Å². The number of aromatic nitrogens is 1. The summed E-state index contributed by atoms with van der Waals surface area (Å²) in [5, 5.41) is 0.649. The van der Waals surface area contributed by atoms with Crippen LogP contribution in [0.4, 0.5) is 4.39 Å². The number of pyridine rings is 1. The van der Waals surface area contributed by atoms with Crippen molar-refractivity contribution < 1.29 is 9.18 Å². The van der Waals surface area contributed by atoms with E-state index in [0.717, 1.165) is 0 Å². The molecule has 0 saturated heterocycles. The number of hydrogen-bond donors (Lipinski definition) is 0. The Kier molecular flexibility index (Phi) is 3.85. The van der Waals surface area contributed by atoms with Crippen LogP contribution in [0.1, 0.15) is 10.5 Å². The van der Waals surface area contributed by atoms with Gasteiger partial charge >= 0.3 is 0 Å². The molecule has 0 saturated carbocycles.